The van der Waals surface area contributed by atoms with Gasteiger partial charge in [0.2, 0.25) is 5.91 Å². The fraction of sp³-hybridized carbons (Fsp3) is 0.543. The maximum absolute atomic E-state index is 14.3. The first kappa shape index (κ1) is 31.9. The first-order valence-corrected chi connectivity index (χ1v) is 16.3. The van der Waals surface area contributed by atoms with E-state index in [1.54, 1.807) is 37.3 Å². The summed E-state index contributed by atoms with van der Waals surface area (Å²) in [6, 6.07) is 6.11. The number of fused-ring (bicyclic) bond motifs is 4. The molecule has 1 spiro atoms. The number of aryl methyl sites for hydroxylation is 1. The summed E-state index contributed by atoms with van der Waals surface area (Å²) in [7, 11) is 4.76. The molecule has 45 heavy (non-hydrogen) atoms. The molecule has 3 heterocycles. The standard InChI is InChI=1S/C35H44ClN3O6/c1-38-17-5-4-8-29(43-2)27-12-9-24(27)20-39-18-15-25-10-14-30(31(32(38)40)35(25,42)33(41)37-44-3)45-22-34(21-39)16-6-7-23-19-26(36)11-13-28(23)34/h4,8,10-11,13-15,18-19,24,27,29,31,42H,5-7,9,12,16-17,20-22H2,1-3H3,(H,37,41)/b8-4-,18-15?/t24-,27+,29-,31?,34-,35-/m0/s1. The lowest BCUT2D eigenvalue weighted by atomic mass is 9.68. The molecule has 9 nitrogen and oxygen atoms in total. The zero-order chi connectivity index (χ0) is 31.8. The van der Waals surface area contributed by atoms with Crippen LogP contribution in [0.3, 0.4) is 0 Å². The zero-order valence-electron chi connectivity index (χ0n) is 26.3. The number of hydrogen-bond acceptors (Lipinski definition) is 7. The van der Waals surface area contributed by atoms with Crippen molar-refractivity contribution >= 4 is 23.4 Å². The van der Waals surface area contributed by atoms with Gasteiger partial charge < -0.3 is 24.4 Å². The largest absolute Gasteiger partial charge is 0.496 e. The third-order valence-electron chi connectivity index (χ3n) is 10.6. The van der Waals surface area contributed by atoms with Crippen LogP contribution in [0.5, 0.6) is 0 Å². The monoisotopic (exact) mass is 637 g/mol. The molecule has 4 bridgehead atoms. The number of rotatable bonds is 3. The lowest BCUT2D eigenvalue weighted by Crippen LogP contribution is -2.59. The summed E-state index contributed by atoms with van der Waals surface area (Å²) in [5.41, 5.74) is 2.30. The number of ether oxygens (including phenoxy) is 2. The molecular formula is C35H44ClN3O6. The highest BCUT2D eigenvalue weighted by Gasteiger charge is 2.56. The van der Waals surface area contributed by atoms with E-state index in [1.165, 1.54) is 18.2 Å². The Morgan fingerprint density at radius 1 is 1.22 bits per heavy atom. The number of halogens is 1. The zero-order valence-corrected chi connectivity index (χ0v) is 27.1. The number of nitrogens with zero attached hydrogens (tertiary/aromatic N) is 2. The second kappa shape index (κ2) is 12.9. The summed E-state index contributed by atoms with van der Waals surface area (Å²) in [5.74, 6) is -1.56. The van der Waals surface area contributed by atoms with Crippen molar-refractivity contribution in [1.82, 2.24) is 15.3 Å². The summed E-state index contributed by atoms with van der Waals surface area (Å²) >= 11 is 6.46. The smallest absolute Gasteiger partial charge is 0.281 e. The summed E-state index contributed by atoms with van der Waals surface area (Å²) in [4.78, 5) is 36.8. The SMILES string of the molecule is CONC(=O)[C@]1(O)C2=CC=C3OC[C@]4(CCCc5cc(Cl)ccc54)CN(C=C2)C[C@@H]2CC[C@H]2[C@@H](OC)/C=C\CCN(C)C(=O)C31. The van der Waals surface area contributed by atoms with E-state index in [0.717, 1.165) is 38.6 Å². The molecule has 3 aliphatic heterocycles. The van der Waals surface area contributed by atoms with Crippen molar-refractivity contribution in [2.75, 3.05) is 47.5 Å². The number of carbonyl (C=O) groups is 2. The van der Waals surface area contributed by atoms with E-state index in [-0.39, 0.29) is 18.5 Å². The van der Waals surface area contributed by atoms with Crippen molar-refractivity contribution in [3.05, 3.63) is 82.3 Å². The minimum atomic E-state index is -2.27. The van der Waals surface area contributed by atoms with Crippen LogP contribution in [-0.2, 0) is 35.7 Å². The third kappa shape index (κ3) is 5.84. The average Bonchev–Trinajstić information content (AvgIpc) is 3.05. The lowest BCUT2D eigenvalue weighted by molar-refractivity contribution is -0.160. The number of carbonyl (C=O) groups excluding carboxylic acids is 2. The van der Waals surface area contributed by atoms with E-state index in [1.807, 2.05) is 12.3 Å². The highest BCUT2D eigenvalue weighted by atomic mass is 35.5. The number of amides is 2. The van der Waals surface area contributed by atoms with Crippen molar-refractivity contribution < 1.29 is 29.0 Å². The van der Waals surface area contributed by atoms with Crippen molar-refractivity contribution in [3.63, 3.8) is 0 Å². The van der Waals surface area contributed by atoms with Crippen LogP contribution in [0.4, 0.5) is 0 Å². The van der Waals surface area contributed by atoms with Crippen LogP contribution < -0.4 is 5.48 Å². The highest BCUT2D eigenvalue weighted by Crippen LogP contribution is 2.45. The van der Waals surface area contributed by atoms with Gasteiger partial charge >= 0.3 is 0 Å². The van der Waals surface area contributed by atoms with E-state index in [0.29, 0.717) is 41.9 Å². The maximum atomic E-state index is 14.3. The van der Waals surface area contributed by atoms with E-state index in [9.17, 15) is 14.7 Å². The average molecular weight is 638 g/mol. The molecule has 2 amide bonds. The minimum Gasteiger partial charge on any atom is -0.496 e. The van der Waals surface area contributed by atoms with E-state index < -0.39 is 28.7 Å². The number of benzene rings is 1. The first-order valence-electron chi connectivity index (χ1n) is 16.0. The fourth-order valence-corrected chi connectivity index (χ4v) is 8.16. The van der Waals surface area contributed by atoms with Crippen molar-refractivity contribution in [3.8, 4) is 0 Å². The summed E-state index contributed by atoms with van der Waals surface area (Å²) in [5, 5.41) is 13.1. The molecule has 6 atom stereocenters. The Morgan fingerprint density at radius 2 is 2.07 bits per heavy atom. The summed E-state index contributed by atoms with van der Waals surface area (Å²) in [6.45, 7) is 2.11. The quantitative estimate of drug-likeness (QED) is 0.381. The van der Waals surface area contributed by atoms with Gasteiger partial charge in [-0.3, -0.25) is 14.4 Å². The van der Waals surface area contributed by atoms with Crippen molar-refractivity contribution in [2.45, 2.75) is 55.6 Å². The number of allylic oxidation sites excluding steroid dienone is 2. The van der Waals surface area contributed by atoms with E-state index in [4.69, 9.17) is 25.9 Å². The number of nitrogens with one attached hydrogen (secondary N) is 1. The molecule has 0 saturated heterocycles. The third-order valence-corrected chi connectivity index (χ3v) is 10.8. The van der Waals surface area contributed by atoms with Gasteiger partial charge in [-0.25, -0.2) is 5.48 Å². The Balaban J connectivity index is 1.51. The molecule has 1 aromatic carbocycles. The normalized spacial score (nSPS) is 33.9. The summed E-state index contributed by atoms with van der Waals surface area (Å²) < 4.78 is 12.6. The highest BCUT2D eigenvalue weighted by molar-refractivity contribution is 6.30. The van der Waals surface area contributed by atoms with Gasteiger partial charge in [0.1, 0.15) is 11.7 Å². The Labute approximate surface area is 270 Å². The van der Waals surface area contributed by atoms with Gasteiger partial charge in [-0.2, -0.15) is 0 Å². The van der Waals surface area contributed by atoms with Gasteiger partial charge in [0.15, 0.2) is 5.60 Å². The van der Waals surface area contributed by atoms with Gasteiger partial charge in [-0.1, -0.05) is 35.9 Å². The molecule has 3 aliphatic carbocycles. The van der Waals surface area contributed by atoms with Crippen LogP contribution in [0.2, 0.25) is 5.02 Å². The van der Waals surface area contributed by atoms with Gasteiger partial charge in [-0.15, -0.1) is 0 Å². The number of hydroxylamine groups is 1. The van der Waals surface area contributed by atoms with Gasteiger partial charge in [0.25, 0.3) is 5.91 Å². The Morgan fingerprint density at radius 3 is 2.82 bits per heavy atom. The molecule has 10 heteroatoms. The molecule has 1 saturated carbocycles. The first-order chi connectivity index (χ1) is 21.7. The molecule has 6 aliphatic rings. The minimum absolute atomic E-state index is 0.00604. The fourth-order valence-electron chi connectivity index (χ4n) is 7.97. The second-order valence-electron chi connectivity index (χ2n) is 13.2. The van der Waals surface area contributed by atoms with Crippen molar-refractivity contribution in [2.24, 2.45) is 17.8 Å². The predicted molar refractivity (Wildman–Crippen MR) is 171 cm³/mol. The topological polar surface area (TPSA) is 101 Å². The molecule has 7 rings (SSSR count). The molecule has 0 radical (unpaired) electrons. The van der Waals surface area contributed by atoms with Crippen LogP contribution >= 0.6 is 11.6 Å². The van der Waals surface area contributed by atoms with E-state index in [2.05, 4.69) is 34.7 Å². The predicted octanol–water partition coefficient (Wildman–Crippen LogP) is 4.07. The summed E-state index contributed by atoms with van der Waals surface area (Å²) in [6.07, 6.45) is 16.9. The molecule has 242 valence electrons. The maximum Gasteiger partial charge on any atom is 0.281 e. The number of hydrogen-bond donors (Lipinski definition) is 2. The number of aliphatic hydroxyl groups is 1. The van der Waals surface area contributed by atoms with Crippen LogP contribution in [-0.4, -0.2) is 85.9 Å². The van der Waals surface area contributed by atoms with Gasteiger partial charge in [0.05, 0.1) is 19.8 Å². The lowest BCUT2D eigenvalue weighted by Gasteiger charge is -2.46. The van der Waals surface area contributed by atoms with Crippen LogP contribution in [0.25, 0.3) is 0 Å². The molecule has 2 N–H and O–H groups in total. The Hall–Kier alpha value is -3.11. The Bertz CT molecular complexity index is 1440. The van der Waals surface area contributed by atoms with Gasteiger partial charge in [-0.05, 0) is 97.5 Å². The molecule has 1 unspecified atom stereocenters. The van der Waals surface area contributed by atoms with Crippen LogP contribution in [0.15, 0.2) is 66.1 Å². The molecule has 1 aromatic rings. The van der Waals surface area contributed by atoms with Crippen LogP contribution in [0.1, 0.15) is 43.2 Å². The Kier molecular flexibility index (Phi) is 9.17. The molecule has 0 aromatic heterocycles. The molecule has 1 fully saturated rings. The number of methoxy groups -OCH3 is 1. The second-order valence-corrected chi connectivity index (χ2v) is 13.6. The van der Waals surface area contributed by atoms with E-state index >= 15 is 0 Å². The van der Waals surface area contributed by atoms with Crippen molar-refractivity contribution in [1.29, 1.82) is 0 Å². The molecular weight excluding hydrogens is 594 g/mol. The van der Waals surface area contributed by atoms with Gasteiger partial charge in [0, 0.05) is 44.2 Å². The van der Waals surface area contributed by atoms with Crippen LogP contribution in [0, 0.1) is 17.8 Å².